The molecule has 1 aromatic carbocycles. The van der Waals surface area contributed by atoms with Crippen molar-refractivity contribution in [1.82, 2.24) is 4.57 Å². The van der Waals surface area contributed by atoms with E-state index in [1.807, 2.05) is 29.7 Å². The van der Waals surface area contributed by atoms with E-state index in [1.165, 1.54) is 0 Å². The van der Waals surface area contributed by atoms with Gasteiger partial charge < -0.3 is 9.67 Å². The molecule has 0 unspecified atom stereocenters. The van der Waals surface area contributed by atoms with Crippen LogP contribution >= 0.6 is 15.9 Å². The lowest BCUT2D eigenvalue weighted by atomic mass is 10.2. The molecule has 0 spiro atoms. The average Bonchev–Trinajstić information content (AvgIpc) is 2.50. The van der Waals surface area contributed by atoms with Crippen LogP contribution in [-0.2, 0) is 11.3 Å². The molecule has 0 aliphatic carbocycles. The Morgan fingerprint density at radius 2 is 2.19 bits per heavy atom. The maximum absolute atomic E-state index is 10.6. The van der Waals surface area contributed by atoms with Gasteiger partial charge in [-0.2, -0.15) is 0 Å². The Hall–Kier alpha value is -1.29. The summed E-state index contributed by atoms with van der Waals surface area (Å²) < 4.78 is 3.07. The van der Waals surface area contributed by atoms with Gasteiger partial charge >= 0.3 is 5.97 Å². The third kappa shape index (κ3) is 2.11. The van der Waals surface area contributed by atoms with E-state index in [-0.39, 0.29) is 6.42 Å². The number of aromatic nitrogens is 1. The maximum atomic E-state index is 10.6. The monoisotopic (exact) mass is 281 g/mol. The number of nitrogens with zero attached hydrogens (tertiary/aromatic N) is 1. The fourth-order valence-corrected chi connectivity index (χ4v) is 2.26. The van der Waals surface area contributed by atoms with E-state index in [0.717, 1.165) is 21.1 Å². The van der Waals surface area contributed by atoms with Crippen molar-refractivity contribution in [3.8, 4) is 0 Å². The van der Waals surface area contributed by atoms with Gasteiger partial charge in [0.2, 0.25) is 0 Å². The van der Waals surface area contributed by atoms with Crippen molar-refractivity contribution in [3.05, 3.63) is 34.4 Å². The van der Waals surface area contributed by atoms with Crippen molar-refractivity contribution in [2.75, 3.05) is 0 Å². The van der Waals surface area contributed by atoms with Crippen LogP contribution in [0.3, 0.4) is 0 Å². The fourth-order valence-electron chi connectivity index (χ4n) is 1.88. The van der Waals surface area contributed by atoms with Crippen molar-refractivity contribution in [3.63, 3.8) is 0 Å². The van der Waals surface area contributed by atoms with E-state index >= 15 is 0 Å². The van der Waals surface area contributed by atoms with Gasteiger partial charge in [0.05, 0.1) is 6.42 Å². The second kappa shape index (κ2) is 4.29. The molecule has 3 nitrogen and oxygen atoms in total. The summed E-state index contributed by atoms with van der Waals surface area (Å²) in [6.45, 7) is 2.52. The first-order valence-electron chi connectivity index (χ1n) is 5.05. The topological polar surface area (TPSA) is 42.2 Å². The summed E-state index contributed by atoms with van der Waals surface area (Å²) in [6, 6.07) is 8.09. The molecule has 0 aliphatic heterocycles. The van der Waals surface area contributed by atoms with E-state index in [2.05, 4.69) is 22.0 Å². The molecule has 0 saturated heterocycles. The van der Waals surface area contributed by atoms with Crippen LogP contribution < -0.4 is 0 Å². The van der Waals surface area contributed by atoms with Gasteiger partial charge in [0.15, 0.2) is 0 Å². The van der Waals surface area contributed by atoms with Crippen LogP contribution in [0.4, 0.5) is 0 Å². The van der Waals surface area contributed by atoms with Gasteiger partial charge in [-0.3, -0.25) is 4.79 Å². The minimum atomic E-state index is -0.765. The quantitative estimate of drug-likeness (QED) is 0.939. The van der Waals surface area contributed by atoms with Crippen LogP contribution in [0.15, 0.2) is 28.7 Å². The molecule has 2 rings (SSSR count). The average molecular weight is 282 g/mol. The summed E-state index contributed by atoms with van der Waals surface area (Å²) in [4.78, 5) is 10.6. The number of rotatable bonds is 3. The summed E-state index contributed by atoms with van der Waals surface area (Å²) in [5.74, 6) is -0.765. The lowest BCUT2D eigenvalue weighted by molar-refractivity contribution is -0.137. The Morgan fingerprint density at radius 1 is 1.44 bits per heavy atom. The third-order valence-corrected chi connectivity index (χ3v) is 3.11. The van der Waals surface area contributed by atoms with Gasteiger partial charge in [-0.15, -0.1) is 0 Å². The smallest absolute Gasteiger partial charge is 0.305 e. The molecule has 1 N–H and O–H groups in total. The molecule has 0 amide bonds. The number of carboxylic acids is 1. The van der Waals surface area contributed by atoms with Crippen LogP contribution in [-0.4, -0.2) is 15.6 Å². The zero-order chi connectivity index (χ0) is 11.7. The Labute approximate surface area is 102 Å². The Bertz CT molecular complexity index is 545. The second-order valence-electron chi connectivity index (χ2n) is 3.78. The molecule has 4 heteroatoms. The van der Waals surface area contributed by atoms with Crippen LogP contribution in [0.25, 0.3) is 10.9 Å². The molecule has 0 fully saturated rings. The van der Waals surface area contributed by atoms with Gasteiger partial charge in [-0.1, -0.05) is 15.9 Å². The van der Waals surface area contributed by atoms with Crippen LogP contribution in [0.1, 0.15) is 12.1 Å². The highest BCUT2D eigenvalue weighted by Crippen LogP contribution is 2.23. The summed E-state index contributed by atoms with van der Waals surface area (Å²) in [5, 5.41) is 9.83. The molecular weight excluding hydrogens is 270 g/mol. The number of benzene rings is 1. The van der Waals surface area contributed by atoms with Crippen LogP contribution in [0.2, 0.25) is 0 Å². The summed E-state index contributed by atoms with van der Waals surface area (Å²) in [5.41, 5.74) is 2.18. The van der Waals surface area contributed by atoms with E-state index < -0.39 is 5.97 Å². The summed E-state index contributed by atoms with van der Waals surface area (Å²) in [7, 11) is 0. The van der Waals surface area contributed by atoms with E-state index in [0.29, 0.717) is 6.54 Å². The minimum absolute atomic E-state index is 0.153. The Kier molecular flexibility index (Phi) is 3.01. The molecule has 0 atom stereocenters. The third-order valence-electron chi connectivity index (χ3n) is 2.62. The number of carboxylic acid groups (broad SMARTS) is 1. The molecule has 0 saturated carbocycles. The van der Waals surface area contributed by atoms with E-state index in [9.17, 15) is 4.79 Å². The normalized spacial score (nSPS) is 10.9. The van der Waals surface area contributed by atoms with Gasteiger partial charge in [-0.05, 0) is 31.2 Å². The summed E-state index contributed by atoms with van der Waals surface area (Å²) in [6.07, 6.45) is 0.153. The Morgan fingerprint density at radius 3 is 2.88 bits per heavy atom. The predicted octanol–water partition coefficient (Wildman–Crippen LogP) is 3.19. The molecule has 1 aromatic heterocycles. The highest BCUT2D eigenvalue weighted by molar-refractivity contribution is 9.10. The SMILES string of the molecule is Cc1cc2cc(Br)ccc2n1CCC(=O)O. The number of aliphatic carboxylic acids is 1. The summed E-state index contributed by atoms with van der Waals surface area (Å²) >= 11 is 3.43. The molecule has 0 aliphatic rings. The predicted molar refractivity (Wildman–Crippen MR) is 66.6 cm³/mol. The maximum Gasteiger partial charge on any atom is 0.305 e. The first kappa shape index (κ1) is 11.2. The molecule has 2 aromatic rings. The Balaban J connectivity index is 2.43. The zero-order valence-electron chi connectivity index (χ0n) is 8.90. The van der Waals surface area contributed by atoms with Crippen molar-refractivity contribution in [2.24, 2.45) is 0 Å². The van der Waals surface area contributed by atoms with Crippen molar-refractivity contribution < 1.29 is 9.90 Å². The molecular formula is C12H12BrNO2. The van der Waals surface area contributed by atoms with Crippen molar-refractivity contribution >= 4 is 32.8 Å². The standard InChI is InChI=1S/C12H12BrNO2/c1-8-6-9-7-10(13)2-3-11(9)14(8)5-4-12(15)16/h2-3,6-7H,4-5H2,1H3,(H,15,16). The number of fused-ring (bicyclic) bond motifs is 1. The van der Waals surface area contributed by atoms with Gasteiger partial charge in [-0.25, -0.2) is 0 Å². The molecule has 84 valence electrons. The highest BCUT2D eigenvalue weighted by Gasteiger charge is 2.07. The zero-order valence-corrected chi connectivity index (χ0v) is 10.5. The number of hydrogen-bond acceptors (Lipinski definition) is 1. The second-order valence-corrected chi connectivity index (χ2v) is 4.70. The van der Waals surface area contributed by atoms with Crippen molar-refractivity contribution in [2.45, 2.75) is 19.9 Å². The molecule has 1 heterocycles. The van der Waals surface area contributed by atoms with E-state index in [4.69, 9.17) is 5.11 Å². The molecule has 0 bridgehead atoms. The van der Waals surface area contributed by atoms with Gasteiger partial charge in [0.25, 0.3) is 0 Å². The highest BCUT2D eigenvalue weighted by atomic mass is 79.9. The van der Waals surface area contributed by atoms with Gasteiger partial charge in [0.1, 0.15) is 0 Å². The largest absolute Gasteiger partial charge is 0.481 e. The van der Waals surface area contributed by atoms with E-state index in [1.54, 1.807) is 0 Å². The van der Waals surface area contributed by atoms with Crippen LogP contribution in [0, 0.1) is 6.92 Å². The minimum Gasteiger partial charge on any atom is -0.481 e. The first-order chi connectivity index (χ1) is 7.58. The lowest BCUT2D eigenvalue weighted by Crippen LogP contribution is -2.05. The molecule has 16 heavy (non-hydrogen) atoms. The lowest BCUT2D eigenvalue weighted by Gasteiger charge is -2.06. The first-order valence-corrected chi connectivity index (χ1v) is 5.84. The molecule has 0 radical (unpaired) electrons. The van der Waals surface area contributed by atoms with Gasteiger partial charge in [0, 0.05) is 27.6 Å². The van der Waals surface area contributed by atoms with Crippen LogP contribution in [0.5, 0.6) is 0 Å². The number of carbonyl (C=O) groups is 1. The van der Waals surface area contributed by atoms with Crippen molar-refractivity contribution in [1.29, 1.82) is 0 Å². The number of aryl methyl sites for hydroxylation is 2. The fraction of sp³-hybridized carbons (Fsp3) is 0.250. The number of halogens is 1. The number of hydrogen-bond donors (Lipinski definition) is 1.